The van der Waals surface area contributed by atoms with E-state index in [0.717, 1.165) is 0 Å². The third-order valence-corrected chi connectivity index (χ3v) is 2.70. The fraction of sp³-hybridized carbons (Fsp3) is 0.125. The van der Waals surface area contributed by atoms with Crippen molar-refractivity contribution in [3.05, 3.63) is 24.3 Å². The number of hydrogen-bond acceptors (Lipinski definition) is 4. The van der Waals surface area contributed by atoms with E-state index in [0.29, 0.717) is 0 Å². The predicted molar refractivity (Wildman–Crippen MR) is 55.9 cm³/mol. The van der Waals surface area contributed by atoms with Crippen LogP contribution in [-0.4, -0.2) is 25.2 Å². The molecule has 0 aliphatic heterocycles. The van der Waals surface area contributed by atoms with Gasteiger partial charge in [-0.3, -0.25) is 9.52 Å². The molecule has 82 valence electrons. The summed E-state index contributed by atoms with van der Waals surface area (Å²) in [5.41, 5.74) is 5.91. The number of aliphatic carboxylic acids is 1. The highest BCUT2D eigenvalue weighted by Gasteiger charge is 2.16. The maximum atomic E-state index is 11.2. The summed E-state index contributed by atoms with van der Waals surface area (Å²) >= 11 is 0. The molecule has 0 amide bonds. The van der Waals surface area contributed by atoms with Crippen LogP contribution in [0.2, 0.25) is 0 Å². The number of para-hydroxylation sites is 2. The van der Waals surface area contributed by atoms with Gasteiger partial charge < -0.3 is 10.8 Å². The van der Waals surface area contributed by atoms with E-state index in [1.807, 2.05) is 0 Å². The highest BCUT2D eigenvalue weighted by atomic mass is 32.2. The number of rotatable bonds is 4. The molecular formula is C8H10N2O4S. The number of nitrogens with two attached hydrogens (primary N) is 1. The standard InChI is InChI=1S/C8H10N2O4S/c9-6-3-1-2-4-7(6)10-15(13,14)5-8(11)12/h1-4,10H,5,9H2,(H,11,12). The Morgan fingerprint density at radius 1 is 1.40 bits per heavy atom. The van der Waals surface area contributed by atoms with Gasteiger partial charge in [-0.25, -0.2) is 8.42 Å². The zero-order valence-corrected chi connectivity index (χ0v) is 8.49. The lowest BCUT2D eigenvalue weighted by Crippen LogP contribution is -2.22. The number of nitrogen functional groups attached to an aromatic ring is 1. The van der Waals surface area contributed by atoms with Crippen molar-refractivity contribution in [2.45, 2.75) is 0 Å². The van der Waals surface area contributed by atoms with Crippen LogP contribution in [0.3, 0.4) is 0 Å². The van der Waals surface area contributed by atoms with Crippen LogP contribution in [0.15, 0.2) is 24.3 Å². The lowest BCUT2D eigenvalue weighted by molar-refractivity contribution is -0.134. The van der Waals surface area contributed by atoms with E-state index < -0.39 is 21.7 Å². The van der Waals surface area contributed by atoms with Crippen molar-refractivity contribution in [3.63, 3.8) is 0 Å². The average Bonchev–Trinajstić information content (AvgIpc) is 2.06. The van der Waals surface area contributed by atoms with Gasteiger partial charge in [0, 0.05) is 0 Å². The smallest absolute Gasteiger partial charge is 0.320 e. The second-order valence-corrected chi connectivity index (χ2v) is 4.56. The molecule has 0 heterocycles. The first-order valence-electron chi connectivity index (χ1n) is 3.97. The van der Waals surface area contributed by atoms with Crippen molar-refractivity contribution in [2.75, 3.05) is 16.2 Å². The highest BCUT2D eigenvalue weighted by Crippen LogP contribution is 2.18. The number of sulfonamides is 1. The van der Waals surface area contributed by atoms with Crippen molar-refractivity contribution in [3.8, 4) is 0 Å². The largest absolute Gasteiger partial charge is 0.480 e. The number of carboxylic acids is 1. The van der Waals surface area contributed by atoms with Gasteiger partial charge >= 0.3 is 5.97 Å². The van der Waals surface area contributed by atoms with Gasteiger partial charge in [0.25, 0.3) is 0 Å². The third kappa shape index (κ3) is 3.47. The lowest BCUT2D eigenvalue weighted by Gasteiger charge is -2.07. The quantitative estimate of drug-likeness (QED) is 0.635. The topological polar surface area (TPSA) is 109 Å². The fourth-order valence-corrected chi connectivity index (χ4v) is 1.87. The molecule has 1 aromatic rings. The van der Waals surface area contributed by atoms with Gasteiger partial charge in [-0.05, 0) is 12.1 Å². The maximum absolute atomic E-state index is 11.2. The van der Waals surface area contributed by atoms with E-state index in [1.165, 1.54) is 12.1 Å². The minimum absolute atomic E-state index is 0.179. The van der Waals surface area contributed by atoms with Crippen LogP contribution in [0, 0.1) is 0 Å². The molecule has 0 atom stereocenters. The molecule has 0 spiro atoms. The molecule has 0 saturated carbocycles. The van der Waals surface area contributed by atoms with Crippen LogP contribution in [0.5, 0.6) is 0 Å². The van der Waals surface area contributed by atoms with Crippen LogP contribution in [0.4, 0.5) is 11.4 Å². The van der Waals surface area contributed by atoms with Gasteiger partial charge in [-0.15, -0.1) is 0 Å². The normalized spacial score (nSPS) is 10.9. The van der Waals surface area contributed by atoms with Crippen molar-refractivity contribution in [2.24, 2.45) is 0 Å². The van der Waals surface area contributed by atoms with Gasteiger partial charge in [0.05, 0.1) is 11.4 Å². The van der Waals surface area contributed by atoms with E-state index >= 15 is 0 Å². The molecule has 0 saturated heterocycles. The Balaban J connectivity index is 2.87. The Labute approximate surface area is 86.8 Å². The van der Waals surface area contributed by atoms with E-state index in [9.17, 15) is 13.2 Å². The molecule has 0 bridgehead atoms. The van der Waals surface area contributed by atoms with E-state index in [1.54, 1.807) is 12.1 Å². The number of benzene rings is 1. The molecule has 1 rings (SSSR count). The highest BCUT2D eigenvalue weighted by molar-refractivity contribution is 7.93. The number of nitrogens with one attached hydrogen (secondary N) is 1. The molecule has 7 heteroatoms. The Kier molecular flexibility index (Phi) is 3.15. The van der Waals surface area contributed by atoms with Crippen LogP contribution >= 0.6 is 0 Å². The van der Waals surface area contributed by atoms with Crippen LogP contribution < -0.4 is 10.5 Å². The summed E-state index contributed by atoms with van der Waals surface area (Å²) in [4.78, 5) is 10.2. The van der Waals surface area contributed by atoms with Gasteiger partial charge in [-0.1, -0.05) is 12.1 Å². The first kappa shape index (κ1) is 11.3. The zero-order chi connectivity index (χ0) is 11.5. The first-order valence-corrected chi connectivity index (χ1v) is 5.63. The summed E-state index contributed by atoms with van der Waals surface area (Å²) in [5.74, 6) is -2.40. The fourth-order valence-electron chi connectivity index (χ4n) is 0.956. The van der Waals surface area contributed by atoms with Crippen LogP contribution in [-0.2, 0) is 14.8 Å². The second kappa shape index (κ2) is 4.18. The molecule has 0 aliphatic carbocycles. The Bertz CT molecular complexity index is 469. The first-order chi connectivity index (χ1) is 6.91. The van der Waals surface area contributed by atoms with Crippen molar-refractivity contribution in [1.29, 1.82) is 0 Å². The molecule has 4 N–H and O–H groups in total. The molecule has 0 unspecified atom stereocenters. The summed E-state index contributed by atoms with van der Waals surface area (Å²) in [6, 6.07) is 6.20. The molecule has 15 heavy (non-hydrogen) atoms. The molecule has 1 aromatic carbocycles. The molecule has 0 radical (unpaired) electrons. The SMILES string of the molecule is Nc1ccccc1NS(=O)(=O)CC(=O)O. The number of anilines is 2. The lowest BCUT2D eigenvalue weighted by atomic mass is 10.3. The number of carbonyl (C=O) groups is 1. The Hall–Kier alpha value is -1.76. The van der Waals surface area contributed by atoms with Crippen LogP contribution in [0.25, 0.3) is 0 Å². The number of hydrogen-bond donors (Lipinski definition) is 3. The average molecular weight is 230 g/mol. The summed E-state index contributed by atoms with van der Waals surface area (Å²) in [7, 11) is -3.89. The van der Waals surface area contributed by atoms with Gasteiger partial charge in [0.15, 0.2) is 5.75 Å². The molecule has 0 aromatic heterocycles. The van der Waals surface area contributed by atoms with Crippen molar-refractivity contribution in [1.82, 2.24) is 0 Å². The minimum Gasteiger partial charge on any atom is -0.480 e. The Morgan fingerprint density at radius 3 is 2.53 bits per heavy atom. The molecular weight excluding hydrogens is 220 g/mol. The molecule has 6 nitrogen and oxygen atoms in total. The molecule has 0 aliphatic rings. The molecule has 0 fully saturated rings. The summed E-state index contributed by atoms with van der Waals surface area (Å²) in [5, 5.41) is 8.35. The van der Waals surface area contributed by atoms with E-state index in [4.69, 9.17) is 10.8 Å². The summed E-state index contributed by atoms with van der Waals surface area (Å²) in [6.45, 7) is 0. The maximum Gasteiger partial charge on any atom is 0.320 e. The minimum atomic E-state index is -3.89. The van der Waals surface area contributed by atoms with E-state index in [2.05, 4.69) is 4.72 Å². The second-order valence-electron chi connectivity index (χ2n) is 2.84. The van der Waals surface area contributed by atoms with Crippen molar-refractivity contribution < 1.29 is 18.3 Å². The third-order valence-electron chi connectivity index (χ3n) is 1.54. The van der Waals surface area contributed by atoms with Gasteiger partial charge in [-0.2, -0.15) is 0 Å². The van der Waals surface area contributed by atoms with E-state index in [-0.39, 0.29) is 11.4 Å². The summed E-state index contributed by atoms with van der Waals surface area (Å²) in [6.07, 6.45) is 0. The van der Waals surface area contributed by atoms with Crippen molar-refractivity contribution >= 4 is 27.4 Å². The zero-order valence-electron chi connectivity index (χ0n) is 7.67. The van der Waals surface area contributed by atoms with Gasteiger partial charge in [0.1, 0.15) is 0 Å². The van der Waals surface area contributed by atoms with Gasteiger partial charge in [0.2, 0.25) is 10.0 Å². The number of carboxylic acid groups (broad SMARTS) is 1. The predicted octanol–water partition coefficient (Wildman–Crippen LogP) is 0.0951. The Morgan fingerprint density at radius 2 is 2.00 bits per heavy atom. The summed E-state index contributed by atoms with van der Waals surface area (Å²) < 4.78 is 24.5. The monoisotopic (exact) mass is 230 g/mol. The van der Waals surface area contributed by atoms with Crippen LogP contribution in [0.1, 0.15) is 0 Å².